The van der Waals surface area contributed by atoms with Crippen LogP contribution >= 0.6 is 0 Å². The fourth-order valence-electron chi connectivity index (χ4n) is 1.24. The first-order chi connectivity index (χ1) is 6.76. The lowest BCUT2D eigenvalue weighted by Crippen LogP contribution is -2.40. The molecule has 3 heteroatoms. The summed E-state index contributed by atoms with van der Waals surface area (Å²) in [6.07, 6.45) is 9.11. The van der Waals surface area contributed by atoms with Gasteiger partial charge in [-0.15, -0.1) is 12.3 Å². The molecule has 0 aromatic heterocycles. The number of carbonyl (C=O) groups is 1. The summed E-state index contributed by atoms with van der Waals surface area (Å²) in [6, 6.07) is 0.710. The standard InChI is InChI=1S/C11H18N2O/c1-3-5-9(4-2)13-11(14)8-12-10-6-7-10/h1,9-10,12H,4-8H2,2H3,(H,13,14). The van der Waals surface area contributed by atoms with Crippen LogP contribution in [0.2, 0.25) is 0 Å². The molecule has 2 N–H and O–H groups in total. The Morgan fingerprint density at radius 3 is 2.86 bits per heavy atom. The summed E-state index contributed by atoms with van der Waals surface area (Å²) in [6.45, 7) is 2.45. The zero-order valence-electron chi connectivity index (χ0n) is 8.68. The third-order valence-electron chi connectivity index (χ3n) is 2.35. The molecule has 0 saturated heterocycles. The zero-order chi connectivity index (χ0) is 10.4. The molecule has 1 atom stereocenters. The molecular formula is C11H18N2O. The molecule has 0 heterocycles. The van der Waals surface area contributed by atoms with Crippen molar-refractivity contribution in [1.29, 1.82) is 0 Å². The van der Waals surface area contributed by atoms with E-state index in [-0.39, 0.29) is 11.9 Å². The minimum absolute atomic E-state index is 0.0546. The van der Waals surface area contributed by atoms with Gasteiger partial charge in [-0.3, -0.25) is 4.79 Å². The second-order valence-corrected chi connectivity index (χ2v) is 3.74. The molecule has 1 amide bonds. The number of carbonyl (C=O) groups excluding carboxylic acids is 1. The van der Waals surface area contributed by atoms with Crippen molar-refractivity contribution in [1.82, 2.24) is 10.6 Å². The molecule has 1 aliphatic rings. The van der Waals surface area contributed by atoms with Crippen molar-refractivity contribution in [3.8, 4) is 12.3 Å². The molecule has 0 spiro atoms. The molecule has 0 aliphatic heterocycles. The molecule has 78 valence electrons. The average Bonchev–Trinajstić information content (AvgIpc) is 2.97. The lowest BCUT2D eigenvalue weighted by atomic mass is 10.1. The van der Waals surface area contributed by atoms with Gasteiger partial charge in [-0.1, -0.05) is 6.92 Å². The van der Waals surface area contributed by atoms with Crippen LogP contribution in [0.5, 0.6) is 0 Å². The molecule has 0 aromatic carbocycles. The molecule has 0 aromatic rings. The lowest BCUT2D eigenvalue weighted by molar-refractivity contribution is -0.120. The van der Waals surface area contributed by atoms with Gasteiger partial charge in [-0.05, 0) is 19.3 Å². The van der Waals surface area contributed by atoms with Crippen LogP contribution < -0.4 is 10.6 Å². The second kappa shape index (κ2) is 5.66. The molecule has 1 unspecified atom stereocenters. The van der Waals surface area contributed by atoms with Crippen LogP contribution in [0.3, 0.4) is 0 Å². The van der Waals surface area contributed by atoms with E-state index in [1.54, 1.807) is 0 Å². The first-order valence-electron chi connectivity index (χ1n) is 5.22. The number of hydrogen-bond acceptors (Lipinski definition) is 2. The molecule has 3 nitrogen and oxygen atoms in total. The van der Waals surface area contributed by atoms with Gasteiger partial charge in [-0.2, -0.15) is 0 Å². The SMILES string of the molecule is C#CCC(CC)NC(=O)CNC1CC1. The van der Waals surface area contributed by atoms with E-state index in [0.717, 1.165) is 6.42 Å². The number of nitrogens with one attached hydrogen (secondary N) is 2. The highest BCUT2D eigenvalue weighted by atomic mass is 16.1. The molecule has 0 radical (unpaired) electrons. The average molecular weight is 194 g/mol. The maximum atomic E-state index is 11.4. The fourth-order valence-corrected chi connectivity index (χ4v) is 1.24. The van der Waals surface area contributed by atoms with Crippen molar-refractivity contribution in [3.63, 3.8) is 0 Å². The van der Waals surface area contributed by atoms with Gasteiger partial charge < -0.3 is 10.6 Å². The topological polar surface area (TPSA) is 41.1 Å². The maximum Gasteiger partial charge on any atom is 0.234 e. The lowest BCUT2D eigenvalue weighted by Gasteiger charge is -2.14. The first kappa shape index (κ1) is 11.1. The Morgan fingerprint density at radius 1 is 1.64 bits per heavy atom. The van der Waals surface area contributed by atoms with E-state index in [1.165, 1.54) is 12.8 Å². The van der Waals surface area contributed by atoms with Crippen molar-refractivity contribution in [2.24, 2.45) is 0 Å². The quantitative estimate of drug-likeness (QED) is 0.610. The van der Waals surface area contributed by atoms with Gasteiger partial charge in [0.05, 0.1) is 6.54 Å². The van der Waals surface area contributed by atoms with Gasteiger partial charge in [-0.25, -0.2) is 0 Å². The molecular weight excluding hydrogens is 176 g/mol. The van der Waals surface area contributed by atoms with Crippen LogP contribution in [0.15, 0.2) is 0 Å². The molecule has 1 aliphatic carbocycles. The fraction of sp³-hybridized carbons (Fsp3) is 0.727. The summed E-state index contributed by atoms with van der Waals surface area (Å²) in [7, 11) is 0. The van der Waals surface area contributed by atoms with Gasteiger partial charge >= 0.3 is 0 Å². The van der Waals surface area contributed by atoms with Crippen molar-refractivity contribution >= 4 is 5.91 Å². The van der Waals surface area contributed by atoms with Crippen LogP contribution in [-0.4, -0.2) is 24.5 Å². The smallest absolute Gasteiger partial charge is 0.234 e. The number of amides is 1. The highest BCUT2D eigenvalue weighted by Crippen LogP contribution is 2.17. The summed E-state index contributed by atoms with van der Waals surface area (Å²) < 4.78 is 0. The van der Waals surface area contributed by atoms with E-state index < -0.39 is 0 Å². The molecule has 1 saturated carbocycles. The molecule has 0 bridgehead atoms. The van der Waals surface area contributed by atoms with Gasteiger partial charge in [0.25, 0.3) is 0 Å². The van der Waals surface area contributed by atoms with Gasteiger partial charge in [0.2, 0.25) is 5.91 Å². The summed E-state index contributed by atoms with van der Waals surface area (Å²) >= 11 is 0. The highest BCUT2D eigenvalue weighted by molar-refractivity contribution is 5.78. The molecule has 1 rings (SSSR count). The Balaban J connectivity index is 2.12. The second-order valence-electron chi connectivity index (χ2n) is 3.74. The Labute approximate surface area is 85.6 Å². The van der Waals surface area contributed by atoms with Crippen LogP contribution in [0, 0.1) is 12.3 Å². The number of rotatable bonds is 6. The monoisotopic (exact) mass is 194 g/mol. The van der Waals surface area contributed by atoms with Crippen LogP contribution in [-0.2, 0) is 4.79 Å². The summed E-state index contributed by atoms with van der Waals surface area (Å²) in [5, 5.41) is 6.07. The van der Waals surface area contributed by atoms with E-state index in [1.807, 2.05) is 6.92 Å². The van der Waals surface area contributed by atoms with Crippen molar-refractivity contribution in [2.45, 2.75) is 44.7 Å². The van der Waals surface area contributed by atoms with E-state index in [0.29, 0.717) is 19.0 Å². The summed E-state index contributed by atoms with van der Waals surface area (Å²) in [5.74, 6) is 2.62. The predicted molar refractivity (Wildman–Crippen MR) is 56.7 cm³/mol. The Morgan fingerprint density at radius 2 is 2.36 bits per heavy atom. The maximum absolute atomic E-state index is 11.4. The van der Waals surface area contributed by atoms with E-state index in [9.17, 15) is 4.79 Å². The van der Waals surface area contributed by atoms with Gasteiger partial charge in [0.15, 0.2) is 0 Å². The zero-order valence-corrected chi connectivity index (χ0v) is 8.68. The summed E-state index contributed by atoms with van der Waals surface area (Å²) in [5.41, 5.74) is 0. The van der Waals surface area contributed by atoms with Crippen LogP contribution in [0.1, 0.15) is 32.6 Å². The van der Waals surface area contributed by atoms with Crippen molar-refractivity contribution in [2.75, 3.05) is 6.54 Å². The van der Waals surface area contributed by atoms with Crippen molar-refractivity contribution < 1.29 is 4.79 Å². The highest BCUT2D eigenvalue weighted by Gasteiger charge is 2.21. The predicted octanol–water partition coefficient (Wildman–Crippen LogP) is 0.656. The van der Waals surface area contributed by atoms with E-state index >= 15 is 0 Å². The van der Waals surface area contributed by atoms with Crippen LogP contribution in [0.25, 0.3) is 0 Å². The number of terminal acetylenes is 1. The molecule has 1 fully saturated rings. The molecule has 14 heavy (non-hydrogen) atoms. The van der Waals surface area contributed by atoms with Crippen LogP contribution in [0.4, 0.5) is 0 Å². The summed E-state index contributed by atoms with van der Waals surface area (Å²) in [4.78, 5) is 11.4. The minimum atomic E-state index is 0.0546. The van der Waals surface area contributed by atoms with E-state index in [2.05, 4.69) is 16.6 Å². The Hall–Kier alpha value is -1.01. The minimum Gasteiger partial charge on any atom is -0.351 e. The van der Waals surface area contributed by atoms with E-state index in [4.69, 9.17) is 6.42 Å². The third kappa shape index (κ3) is 4.29. The third-order valence-corrected chi connectivity index (χ3v) is 2.35. The first-order valence-corrected chi connectivity index (χ1v) is 5.22. The van der Waals surface area contributed by atoms with Gasteiger partial charge in [0, 0.05) is 18.5 Å². The Kier molecular flexibility index (Phi) is 4.48. The number of hydrogen-bond donors (Lipinski definition) is 2. The Bertz CT molecular complexity index is 228. The van der Waals surface area contributed by atoms with Gasteiger partial charge in [0.1, 0.15) is 0 Å². The van der Waals surface area contributed by atoms with Crippen molar-refractivity contribution in [3.05, 3.63) is 0 Å². The largest absolute Gasteiger partial charge is 0.351 e. The normalized spacial score (nSPS) is 17.1.